The molecule has 0 saturated carbocycles. The first-order valence-corrected chi connectivity index (χ1v) is 9.81. The summed E-state index contributed by atoms with van der Waals surface area (Å²) in [6.07, 6.45) is 6.38. The number of methoxy groups -OCH3 is 1. The highest BCUT2D eigenvalue weighted by Gasteiger charge is 2.30. The molecule has 2 aromatic rings. The number of rotatable bonds is 4. The molecule has 0 saturated heterocycles. The number of aromatic hydroxyl groups is 1. The van der Waals surface area contributed by atoms with Crippen LogP contribution in [0.25, 0.3) is 6.08 Å². The molecule has 3 nitrogen and oxygen atoms in total. The molecule has 1 aromatic heterocycles. The zero-order valence-electron chi connectivity index (χ0n) is 15.5. The molecule has 0 atom stereocenters. The number of allylic oxidation sites excluding steroid dienone is 1. The standard InChI is InChI=1S/C21H23ClO3S/c1-12-15-11-21(2,3)8-7-14(15)20(26-12)17(23)6-5-13-9-16(22)19(24)18(10-13)25-4/h5-6,9-10,24H,7-8,11H2,1-4H3. The Labute approximate surface area is 163 Å². The number of ether oxygens (including phenoxy) is 1. The summed E-state index contributed by atoms with van der Waals surface area (Å²) < 4.78 is 5.10. The fourth-order valence-corrected chi connectivity index (χ4v) is 4.80. The lowest BCUT2D eigenvalue weighted by Crippen LogP contribution is -2.22. The number of hydrogen-bond acceptors (Lipinski definition) is 4. The molecule has 5 heteroatoms. The Hall–Kier alpha value is -1.78. The minimum atomic E-state index is -0.0943. The van der Waals surface area contributed by atoms with E-state index in [-0.39, 0.29) is 22.3 Å². The van der Waals surface area contributed by atoms with Gasteiger partial charge in [0.25, 0.3) is 0 Å². The Kier molecular flexibility index (Phi) is 5.18. The van der Waals surface area contributed by atoms with Crippen LogP contribution < -0.4 is 4.74 Å². The summed E-state index contributed by atoms with van der Waals surface area (Å²) in [5, 5.41) is 10.0. The lowest BCUT2D eigenvalue weighted by atomic mass is 9.74. The minimum Gasteiger partial charge on any atom is -0.503 e. The average Bonchev–Trinajstić information content (AvgIpc) is 2.90. The van der Waals surface area contributed by atoms with Crippen molar-refractivity contribution in [2.24, 2.45) is 5.41 Å². The summed E-state index contributed by atoms with van der Waals surface area (Å²) in [6, 6.07) is 3.27. The van der Waals surface area contributed by atoms with E-state index in [4.69, 9.17) is 16.3 Å². The van der Waals surface area contributed by atoms with Gasteiger partial charge in [-0.25, -0.2) is 0 Å². The van der Waals surface area contributed by atoms with Crippen molar-refractivity contribution in [2.45, 2.75) is 40.0 Å². The molecule has 0 aliphatic heterocycles. The number of hydrogen-bond donors (Lipinski definition) is 1. The minimum absolute atomic E-state index is 0.0159. The summed E-state index contributed by atoms with van der Waals surface area (Å²) in [5.41, 5.74) is 3.59. The van der Waals surface area contributed by atoms with Crippen molar-refractivity contribution < 1.29 is 14.6 Å². The van der Waals surface area contributed by atoms with Crippen molar-refractivity contribution in [3.05, 3.63) is 49.7 Å². The number of phenols is 1. The Bertz CT molecular complexity index is 893. The molecule has 1 heterocycles. The number of benzene rings is 1. The molecule has 3 rings (SSSR count). The highest BCUT2D eigenvalue weighted by molar-refractivity contribution is 7.14. The van der Waals surface area contributed by atoms with Crippen LogP contribution in [0.5, 0.6) is 11.5 Å². The zero-order valence-corrected chi connectivity index (χ0v) is 17.1. The monoisotopic (exact) mass is 390 g/mol. The van der Waals surface area contributed by atoms with Gasteiger partial charge >= 0.3 is 0 Å². The second-order valence-electron chi connectivity index (χ2n) is 7.54. The fraction of sp³-hybridized carbons (Fsp3) is 0.381. The first kappa shape index (κ1) is 19.0. The molecule has 138 valence electrons. The van der Waals surface area contributed by atoms with Crippen molar-refractivity contribution in [2.75, 3.05) is 7.11 Å². The van der Waals surface area contributed by atoms with E-state index in [0.717, 1.165) is 24.1 Å². The van der Waals surface area contributed by atoms with Gasteiger partial charge in [0.2, 0.25) is 0 Å². The summed E-state index contributed by atoms with van der Waals surface area (Å²) >= 11 is 7.60. The van der Waals surface area contributed by atoms with Gasteiger partial charge in [0.15, 0.2) is 17.3 Å². The Morgan fingerprint density at radius 2 is 2.08 bits per heavy atom. The second kappa shape index (κ2) is 7.09. The fourth-order valence-electron chi connectivity index (χ4n) is 3.44. The van der Waals surface area contributed by atoms with Crippen LogP contribution in [0, 0.1) is 12.3 Å². The van der Waals surface area contributed by atoms with E-state index in [2.05, 4.69) is 20.8 Å². The smallest absolute Gasteiger partial charge is 0.196 e. The molecule has 0 fully saturated rings. The van der Waals surface area contributed by atoms with Crippen molar-refractivity contribution in [3.8, 4) is 11.5 Å². The molecule has 0 amide bonds. The zero-order chi connectivity index (χ0) is 19.1. The predicted molar refractivity (Wildman–Crippen MR) is 108 cm³/mol. The van der Waals surface area contributed by atoms with E-state index in [1.165, 1.54) is 23.1 Å². The molecule has 26 heavy (non-hydrogen) atoms. The average molecular weight is 391 g/mol. The topological polar surface area (TPSA) is 46.5 Å². The molecule has 0 radical (unpaired) electrons. The van der Waals surface area contributed by atoms with Crippen LogP contribution in [0.2, 0.25) is 5.02 Å². The number of carbonyl (C=O) groups is 1. The highest BCUT2D eigenvalue weighted by atomic mass is 35.5. The number of carbonyl (C=O) groups excluding carboxylic acids is 1. The van der Waals surface area contributed by atoms with Crippen molar-refractivity contribution >= 4 is 34.8 Å². The van der Waals surface area contributed by atoms with Gasteiger partial charge in [-0.05, 0) is 66.5 Å². The highest BCUT2D eigenvalue weighted by Crippen LogP contribution is 2.41. The van der Waals surface area contributed by atoms with E-state index >= 15 is 0 Å². The first-order valence-electron chi connectivity index (χ1n) is 8.62. The van der Waals surface area contributed by atoms with E-state index in [0.29, 0.717) is 11.0 Å². The Balaban J connectivity index is 1.88. The number of halogens is 1. The van der Waals surface area contributed by atoms with Crippen molar-refractivity contribution in [1.82, 2.24) is 0 Å². The maximum atomic E-state index is 12.8. The Morgan fingerprint density at radius 1 is 1.35 bits per heavy atom. The molecule has 1 aromatic carbocycles. The van der Waals surface area contributed by atoms with Crippen LogP contribution in [0.4, 0.5) is 0 Å². The molecule has 0 bridgehead atoms. The number of phenolic OH excluding ortho intramolecular Hbond substituents is 1. The van der Waals surface area contributed by atoms with Gasteiger partial charge < -0.3 is 9.84 Å². The second-order valence-corrected chi connectivity index (χ2v) is 9.17. The van der Waals surface area contributed by atoms with Crippen LogP contribution in [-0.4, -0.2) is 18.0 Å². The van der Waals surface area contributed by atoms with Crippen LogP contribution in [0.3, 0.4) is 0 Å². The van der Waals surface area contributed by atoms with E-state index in [1.54, 1.807) is 35.6 Å². The lowest BCUT2D eigenvalue weighted by Gasteiger charge is -2.30. The number of thiophene rings is 1. The first-order chi connectivity index (χ1) is 12.2. The Morgan fingerprint density at radius 3 is 2.77 bits per heavy atom. The number of ketones is 1. The van der Waals surface area contributed by atoms with Gasteiger partial charge in [0.1, 0.15) is 0 Å². The lowest BCUT2D eigenvalue weighted by molar-refractivity contribution is 0.105. The molecule has 0 unspecified atom stereocenters. The summed E-state index contributed by atoms with van der Waals surface area (Å²) in [7, 11) is 1.46. The molecule has 1 N–H and O–H groups in total. The quantitative estimate of drug-likeness (QED) is 0.527. The van der Waals surface area contributed by atoms with Gasteiger partial charge in [-0.15, -0.1) is 11.3 Å². The molecule has 1 aliphatic rings. The SMILES string of the molecule is COc1cc(C=CC(=O)c2sc(C)c3c2CCC(C)(C)C3)cc(Cl)c1O. The van der Waals surface area contributed by atoms with Gasteiger partial charge in [0.05, 0.1) is 17.0 Å². The molecular formula is C21H23ClO3S. The normalized spacial score (nSPS) is 15.9. The van der Waals surface area contributed by atoms with Gasteiger partial charge in [-0.3, -0.25) is 4.79 Å². The van der Waals surface area contributed by atoms with Gasteiger partial charge in [-0.1, -0.05) is 31.5 Å². The third-order valence-electron chi connectivity index (χ3n) is 4.95. The van der Waals surface area contributed by atoms with Crippen LogP contribution in [0.15, 0.2) is 18.2 Å². The largest absolute Gasteiger partial charge is 0.503 e. The molecule has 0 spiro atoms. The van der Waals surface area contributed by atoms with Gasteiger partial charge in [-0.2, -0.15) is 0 Å². The summed E-state index contributed by atoms with van der Waals surface area (Å²) in [4.78, 5) is 14.9. The van der Waals surface area contributed by atoms with Crippen molar-refractivity contribution in [3.63, 3.8) is 0 Å². The van der Waals surface area contributed by atoms with E-state index < -0.39 is 0 Å². The maximum absolute atomic E-state index is 12.8. The number of fused-ring (bicyclic) bond motifs is 1. The van der Waals surface area contributed by atoms with E-state index in [1.807, 2.05) is 0 Å². The van der Waals surface area contributed by atoms with Crippen molar-refractivity contribution in [1.29, 1.82) is 0 Å². The van der Waals surface area contributed by atoms with Crippen LogP contribution in [-0.2, 0) is 12.8 Å². The van der Waals surface area contributed by atoms with Gasteiger partial charge in [0, 0.05) is 4.88 Å². The summed E-state index contributed by atoms with van der Waals surface area (Å²) in [5.74, 6) is 0.210. The summed E-state index contributed by atoms with van der Waals surface area (Å²) in [6.45, 7) is 6.68. The van der Waals surface area contributed by atoms with E-state index in [9.17, 15) is 9.90 Å². The molecule has 1 aliphatic carbocycles. The maximum Gasteiger partial charge on any atom is 0.196 e. The molecular weight excluding hydrogens is 368 g/mol. The third-order valence-corrected chi connectivity index (χ3v) is 6.44. The predicted octanol–water partition coefficient (Wildman–Crippen LogP) is 5.84. The van der Waals surface area contributed by atoms with Crippen LogP contribution in [0.1, 0.15) is 51.5 Å². The number of aryl methyl sites for hydroxylation is 1. The van der Waals surface area contributed by atoms with Crippen LogP contribution >= 0.6 is 22.9 Å². The third kappa shape index (κ3) is 3.67.